The van der Waals surface area contributed by atoms with Crippen molar-refractivity contribution in [2.45, 2.75) is 124 Å². The Balaban J connectivity index is 0.000000236. The van der Waals surface area contributed by atoms with Gasteiger partial charge in [-0.2, -0.15) is 0 Å². The lowest BCUT2D eigenvalue weighted by Gasteiger charge is -2.49. The highest BCUT2D eigenvalue weighted by Crippen LogP contribution is 2.55. The first kappa shape index (κ1) is 20.7. The highest BCUT2D eigenvalue weighted by atomic mass is 14.5. The molecule has 4 aliphatic carbocycles. The van der Waals surface area contributed by atoms with Crippen LogP contribution in [0.5, 0.6) is 0 Å². The third-order valence-corrected chi connectivity index (χ3v) is 8.82. The number of rotatable bonds is 3. The van der Waals surface area contributed by atoms with Crippen molar-refractivity contribution in [3.05, 3.63) is 0 Å². The topological polar surface area (TPSA) is 0 Å². The minimum Gasteiger partial charge on any atom is -0.0654 e. The van der Waals surface area contributed by atoms with Crippen LogP contribution in [-0.4, -0.2) is 0 Å². The van der Waals surface area contributed by atoms with Gasteiger partial charge in [-0.05, 0) is 54.3 Å². The summed E-state index contributed by atoms with van der Waals surface area (Å²) in [6.45, 7) is 7.36. The number of hydrogen-bond donors (Lipinski definition) is 0. The summed E-state index contributed by atoms with van der Waals surface area (Å²) in [7, 11) is 0. The van der Waals surface area contributed by atoms with E-state index in [1.165, 1.54) is 64.2 Å². The van der Waals surface area contributed by atoms with Gasteiger partial charge in [-0.15, -0.1) is 0 Å². The average Bonchev–Trinajstić information content (AvgIpc) is 3.12. The van der Waals surface area contributed by atoms with E-state index in [2.05, 4.69) is 20.8 Å². The Bertz CT molecular complexity index is 373. The lowest BCUT2D eigenvalue weighted by Crippen LogP contribution is -2.41. The van der Waals surface area contributed by atoms with Crippen molar-refractivity contribution in [3.63, 3.8) is 0 Å². The van der Waals surface area contributed by atoms with Crippen LogP contribution < -0.4 is 0 Å². The summed E-state index contributed by atoms with van der Waals surface area (Å²) in [5.41, 5.74) is 0. The van der Waals surface area contributed by atoms with Gasteiger partial charge >= 0.3 is 0 Å². The van der Waals surface area contributed by atoms with Crippen LogP contribution in [0.25, 0.3) is 0 Å². The highest BCUT2D eigenvalue weighted by Gasteiger charge is 2.47. The molecule has 0 radical (unpaired) electrons. The predicted octanol–water partition coefficient (Wildman–Crippen LogP) is 8.64. The minimum atomic E-state index is 1.02. The van der Waals surface area contributed by atoms with Crippen LogP contribution in [0.4, 0.5) is 0 Å². The summed E-state index contributed by atoms with van der Waals surface area (Å²) in [5.74, 6) is 7.62. The molecule has 0 nitrogen and oxygen atoms in total. The van der Waals surface area contributed by atoms with E-state index in [9.17, 15) is 0 Å². The molecule has 0 bridgehead atoms. The van der Waals surface area contributed by atoms with E-state index in [4.69, 9.17) is 0 Å². The zero-order valence-electron chi connectivity index (χ0n) is 18.4. The molecule has 152 valence electrons. The van der Waals surface area contributed by atoms with Crippen molar-refractivity contribution >= 4 is 0 Å². The summed E-state index contributed by atoms with van der Waals surface area (Å²) >= 11 is 0. The summed E-state index contributed by atoms with van der Waals surface area (Å²) in [6.07, 6.45) is 24.4. The summed E-state index contributed by atoms with van der Waals surface area (Å²) in [4.78, 5) is 0. The van der Waals surface area contributed by atoms with Crippen LogP contribution in [0.3, 0.4) is 0 Å². The van der Waals surface area contributed by atoms with Crippen LogP contribution in [0, 0.1) is 41.4 Å². The van der Waals surface area contributed by atoms with Gasteiger partial charge < -0.3 is 0 Å². The van der Waals surface area contributed by atoms with E-state index in [0.29, 0.717) is 0 Å². The van der Waals surface area contributed by atoms with Gasteiger partial charge in [0.1, 0.15) is 0 Å². The Hall–Kier alpha value is 0. The van der Waals surface area contributed by atoms with Gasteiger partial charge in [0, 0.05) is 0 Å². The molecule has 4 rings (SSSR count). The largest absolute Gasteiger partial charge is 0.0654 e. The quantitative estimate of drug-likeness (QED) is 0.472. The van der Waals surface area contributed by atoms with E-state index in [1.54, 1.807) is 38.5 Å². The highest BCUT2D eigenvalue weighted by molar-refractivity contribution is 4.96. The summed E-state index contributed by atoms with van der Waals surface area (Å²) in [6, 6.07) is 0. The molecule has 4 fully saturated rings. The van der Waals surface area contributed by atoms with Crippen LogP contribution in [-0.2, 0) is 0 Å². The van der Waals surface area contributed by atoms with E-state index in [0.717, 1.165) is 41.4 Å². The van der Waals surface area contributed by atoms with Gasteiger partial charge in [-0.3, -0.25) is 0 Å². The first-order valence-corrected chi connectivity index (χ1v) is 12.7. The molecule has 5 atom stereocenters. The molecule has 4 saturated carbocycles. The smallest absolute Gasteiger partial charge is 0.0324 e. The third kappa shape index (κ3) is 5.29. The van der Waals surface area contributed by atoms with Gasteiger partial charge in [-0.25, -0.2) is 0 Å². The van der Waals surface area contributed by atoms with Crippen molar-refractivity contribution in [1.82, 2.24) is 0 Å². The lowest BCUT2D eigenvalue weighted by atomic mass is 9.56. The van der Waals surface area contributed by atoms with Gasteiger partial charge in [-0.1, -0.05) is 111 Å². The average molecular weight is 361 g/mol. The molecule has 4 aliphatic rings. The molecule has 0 heteroatoms. The SMILES string of the molecule is CC1CCCCC1.CCCC1C(C)CC2CCCC2C1C1CCCCC1. The van der Waals surface area contributed by atoms with Crippen LogP contribution >= 0.6 is 0 Å². The normalized spacial score (nSPS) is 39.1. The molecule has 26 heavy (non-hydrogen) atoms. The second-order valence-electron chi connectivity index (χ2n) is 10.7. The summed E-state index contributed by atoms with van der Waals surface area (Å²) < 4.78 is 0. The lowest BCUT2D eigenvalue weighted by molar-refractivity contribution is 0.00320. The summed E-state index contributed by atoms with van der Waals surface area (Å²) in [5, 5.41) is 0. The van der Waals surface area contributed by atoms with Gasteiger partial charge in [0.05, 0.1) is 0 Å². The molecular weight excluding hydrogens is 312 g/mol. The van der Waals surface area contributed by atoms with Crippen LogP contribution in [0.2, 0.25) is 0 Å². The Kier molecular flexibility index (Phi) is 8.39. The maximum atomic E-state index is 2.59. The molecule has 0 heterocycles. The maximum absolute atomic E-state index is 2.59. The number of fused-ring (bicyclic) bond motifs is 1. The first-order valence-electron chi connectivity index (χ1n) is 12.7. The van der Waals surface area contributed by atoms with Crippen molar-refractivity contribution in [1.29, 1.82) is 0 Å². The second-order valence-corrected chi connectivity index (χ2v) is 10.7. The van der Waals surface area contributed by atoms with Crippen molar-refractivity contribution in [3.8, 4) is 0 Å². The Labute approximate surface area is 165 Å². The van der Waals surface area contributed by atoms with Gasteiger partial charge in [0.2, 0.25) is 0 Å². The van der Waals surface area contributed by atoms with E-state index in [-0.39, 0.29) is 0 Å². The molecule has 0 aliphatic heterocycles. The molecule has 5 unspecified atom stereocenters. The molecule has 0 aromatic rings. The molecule has 0 saturated heterocycles. The Morgan fingerprint density at radius 2 is 1.27 bits per heavy atom. The molecule has 0 N–H and O–H groups in total. The fraction of sp³-hybridized carbons (Fsp3) is 1.00. The van der Waals surface area contributed by atoms with Gasteiger partial charge in [0.15, 0.2) is 0 Å². The zero-order chi connectivity index (χ0) is 18.4. The molecule has 0 amide bonds. The van der Waals surface area contributed by atoms with Crippen molar-refractivity contribution in [2.75, 3.05) is 0 Å². The number of hydrogen-bond acceptors (Lipinski definition) is 0. The molecule has 0 spiro atoms. The Morgan fingerprint density at radius 1 is 0.654 bits per heavy atom. The van der Waals surface area contributed by atoms with E-state index in [1.807, 2.05) is 0 Å². The molecule has 0 aromatic heterocycles. The maximum Gasteiger partial charge on any atom is -0.0324 e. The first-order chi connectivity index (χ1) is 12.7. The van der Waals surface area contributed by atoms with Crippen LogP contribution in [0.15, 0.2) is 0 Å². The molecular formula is C26H48. The standard InChI is InChI=1S/C19H34.C7H14/c1-3-8-17-14(2)13-16-11-7-12-18(16)19(17)15-9-5-4-6-10-15;1-7-5-3-2-4-6-7/h14-19H,3-13H2,1-2H3;7H,2-6H2,1H3. The molecule has 0 aromatic carbocycles. The van der Waals surface area contributed by atoms with E-state index >= 15 is 0 Å². The fourth-order valence-corrected chi connectivity index (χ4v) is 7.55. The Morgan fingerprint density at radius 3 is 1.85 bits per heavy atom. The second kappa shape index (κ2) is 10.5. The monoisotopic (exact) mass is 360 g/mol. The third-order valence-electron chi connectivity index (χ3n) is 8.82. The van der Waals surface area contributed by atoms with Crippen molar-refractivity contribution in [2.24, 2.45) is 41.4 Å². The minimum absolute atomic E-state index is 1.02. The predicted molar refractivity (Wildman–Crippen MR) is 115 cm³/mol. The van der Waals surface area contributed by atoms with E-state index < -0.39 is 0 Å². The fourth-order valence-electron chi connectivity index (χ4n) is 7.55. The van der Waals surface area contributed by atoms with Crippen molar-refractivity contribution < 1.29 is 0 Å². The zero-order valence-corrected chi connectivity index (χ0v) is 18.4. The van der Waals surface area contributed by atoms with Gasteiger partial charge in [0.25, 0.3) is 0 Å². The van der Waals surface area contributed by atoms with Crippen LogP contribution in [0.1, 0.15) is 124 Å².